The first-order chi connectivity index (χ1) is 14.3. The van der Waals surface area contributed by atoms with Gasteiger partial charge in [-0.05, 0) is 32.4 Å². The van der Waals surface area contributed by atoms with Crippen molar-refractivity contribution in [2.24, 2.45) is 5.92 Å². The van der Waals surface area contributed by atoms with Crippen molar-refractivity contribution in [1.29, 1.82) is 0 Å². The van der Waals surface area contributed by atoms with Crippen molar-refractivity contribution in [3.05, 3.63) is 46.8 Å². The molecular formula is C23H27F3O4. The molecule has 0 aliphatic carbocycles. The molecule has 2 aromatic rings. The van der Waals surface area contributed by atoms with E-state index >= 15 is 0 Å². The molecular weight excluding hydrogens is 397 g/mol. The molecule has 1 heterocycles. The average molecular weight is 424 g/mol. The maximum absolute atomic E-state index is 15.0. The lowest BCUT2D eigenvalue weighted by Crippen LogP contribution is -2.19. The minimum absolute atomic E-state index is 0.000549. The van der Waals surface area contributed by atoms with Gasteiger partial charge < -0.3 is 18.9 Å². The second-order valence-corrected chi connectivity index (χ2v) is 7.54. The van der Waals surface area contributed by atoms with Gasteiger partial charge in [0.05, 0.1) is 25.9 Å². The lowest BCUT2D eigenvalue weighted by atomic mass is 9.99. The Bertz CT molecular complexity index is 901. The smallest absolute Gasteiger partial charge is 0.207 e. The van der Waals surface area contributed by atoms with E-state index in [9.17, 15) is 13.2 Å². The van der Waals surface area contributed by atoms with Gasteiger partial charge in [0.1, 0.15) is 0 Å². The van der Waals surface area contributed by atoms with E-state index in [4.69, 9.17) is 18.9 Å². The standard InChI is InChI=1S/C23H27F3O4/c1-5-14(4)28-11-13(3)12-29-17-8-7-15-9-16-10-18(27-6-2)19(24)21(26)23(16)30-22(15)20(17)25/h7-8,10,13-14H,5-6,9,11-12H2,1-4H3. The van der Waals surface area contributed by atoms with Crippen molar-refractivity contribution in [2.45, 2.75) is 46.6 Å². The normalized spacial score (nSPS) is 14.4. The number of rotatable bonds is 9. The zero-order valence-corrected chi connectivity index (χ0v) is 17.7. The molecule has 4 nitrogen and oxygen atoms in total. The highest BCUT2D eigenvalue weighted by Crippen LogP contribution is 2.44. The van der Waals surface area contributed by atoms with Crippen LogP contribution in [0.1, 0.15) is 45.2 Å². The van der Waals surface area contributed by atoms with Crippen LogP contribution in [0.5, 0.6) is 23.0 Å². The summed E-state index contributed by atoms with van der Waals surface area (Å²) >= 11 is 0. The molecule has 7 heteroatoms. The van der Waals surface area contributed by atoms with Crippen LogP contribution in [0.3, 0.4) is 0 Å². The highest BCUT2D eigenvalue weighted by molar-refractivity contribution is 5.55. The van der Waals surface area contributed by atoms with Crippen LogP contribution in [-0.4, -0.2) is 25.9 Å². The molecule has 2 unspecified atom stereocenters. The van der Waals surface area contributed by atoms with E-state index < -0.39 is 17.5 Å². The number of halogens is 3. The second kappa shape index (κ2) is 9.60. The number of ether oxygens (including phenoxy) is 4. The summed E-state index contributed by atoms with van der Waals surface area (Å²) in [5.74, 6) is -3.68. The zero-order chi connectivity index (χ0) is 21.8. The van der Waals surface area contributed by atoms with E-state index in [1.54, 1.807) is 13.0 Å². The predicted octanol–water partition coefficient (Wildman–Crippen LogP) is 6.03. The number of hydrogen-bond donors (Lipinski definition) is 0. The van der Waals surface area contributed by atoms with Gasteiger partial charge in [-0.15, -0.1) is 0 Å². The molecule has 0 N–H and O–H groups in total. The highest BCUT2D eigenvalue weighted by atomic mass is 19.2. The molecule has 0 aromatic heterocycles. The molecule has 2 atom stereocenters. The van der Waals surface area contributed by atoms with Gasteiger partial charge in [-0.2, -0.15) is 13.2 Å². The van der Waals surface area contributed by atoms with Crippen LogP contribution in [0.2, 0.25) is 0 Å². The molecule has 0 bridgehead atoms. The molecule has 0 amide bonds. The van der Waals surface area contributed by atoms with E-state index in [1.807, 2.05) is 20.8 Å². The summed E-state index contributed by atoms with van der Waals surface area (Å²) in [5.41, 5.74) is 0.919. The maximum atomic E-state index is 15.0. The molecule has 0 spiro atoms. The Morgan fingerprint density at radius 2 is 1.63 bits per heavy atom. The van der Waals surface area contributed by atoms with Crippen LogP contribution < -0.4 is 14.2 Å². The van der Waals surface area contributed by atoms with Gasteiger partial charge in [-0.25, -0.2) is 0 Å². The Kier molecular flexibility index (Phi) is 7.13. The SMILES string of the molecule is CCOc1cc2c(c(F)c1F)Oc1c(ccc(OCC(C)COC(C)CC)c1F)C2. The Hall–Kier alpha value is -2.41. The van der Waals surface area contributed by atoms with E-state index in [0.717, 1.165) is 6.42 Å². The van der Waals surface area contributed by atoms with Gasteiger partial charge in [0.15, 0.2) is 23.0 Å². The summed E-state index contributed by atoms with van der Waals surface area (Å²) in [6.45, 7) is 8.60. The fraction of sp³-hybridized carbons (Fsp3) is 0.478. The van der Waals surface area contributed by atoms with E-state index in [0.29, 0.717) is 17.7 Å². The summed E-state index contributed by atoms with van der Waals surface area (Å²) in [6, 6.07) is 4.58. The van der Waals surface area contributed by atoms with Crippen LogP contribution in [0, 0.1) is 23.4 Å². The van der Waals surface area contributed by atoms with Crippen molar-refractivity contribution in [1.82, 2.24) is 0 Å². The minimum atomic E-state index is -1.19. The number of hydrogen-bond acceptors (Lipinski definition) is 4. The summed E-state index contributed by atoms with van der Waals surface area (Å²) < 4.78 is 65.5. The van der Waals surface area contributed by atoms with Crippen LogP contribution >= 0.6 is 0 Å². The molecule has 0 radical (unpaired) electrons. The molecule has 0 saturated carbocycles. The fourth-order valence-corrected chi connectivity index (χ4v) is 3.11. The van der Waals surface area contributed by atoms with Crippen LogP contribution in [0.4, 0.5) is 13.2 Å². The van der Waals surface area contributed by atoms with Crippen LogP contribution in [0.15, 0.2) is 18.2 Å². The third-order valence-electron chi connectivity index (χ3n) is 5.00. The fourth-order valence-electron chi connectivity index (χ4n) is 3.11. The molecule has 1 aliphatic heterocycles. The Labute approximate surface area is 174 Å². The van der Waals surface area contributed by atoms with Gasteiger partial charge in [0.25, 0.3) is 0 Å². The molecule has 0 saturated heterocycles. The van der Waals surface area contributed by atoms with Crippen molar-refractivity contribution < 1.29 is 32.1 Å². The molecule has 30 heavy (non-hydrogen) atoms. The summed E-state index contributed by atoms with van der Waals surface area (Å²) in [7, 11) is 0. The quantitative estimate of drug-likeness (QED) is 0.420. The first-order valence-electron chi connectivity index (χ1n) is 10.2. The second-order valence-electron chi connectivity index (χ2n) is 7.54. The van der Waals surface area contributed by atoms with E-state index in [1.165, 1.54) is 12.1 Å². The van der Waals surface area contributed by atoms with Crippen molar-refractivity contribution >= 4 is 0 Å². The monoisotopic (exact) mass is 424 g/mol. The van der Waals surface area contributed by atoms with E-state index in [-0.39, 0.29) is 54.7 Å². The molecule has 3 rings (SSSR count). The minimum Gasteiger partial charge on any atom is -0.491 e. The van der Waals surface area contributed by atoms with Crippen molar-refractivity contribution in [3.8, 4) is 23.0 Å². The molecule has 0 fully saturated rings. The van der Waals surface area contributed by atoms with Crippen LogP contribution in [0.25, 0.3) is 0 Å². The topological polar surface area (TPSA) is 36.9 Å². The van der Waals surface area contributed by atoms with Crippen molar-refractivity contribution in [3.63, 3.8) is 0 Å². The van der Waals surface area contributed by atoms with Gasteiger partial charge in [0.2, 0.25) is 17.5 Å². The number of benzene rings is 2. The zero-order valence-electron chi connectivity index (χ0n) is 17.7. The van der Waals surface area contributed by atoms with Gasteiger partial charge >= 0.3 is 0 Å². The summed E-state index contributed by atoms with van der Waals surface area (Å²) in [6.07, 6.45) is 1.26. The first kappa shape index (κ1) is 22.3. The Morgan fingerprint density at radius 3 is 2.33 bits per heavy atom. The lowest BCUT2D eigenvalue weighted by Gasteiger charge is -2.23. The summed E-state index contributed by atoms with van der Waals surface area (Å²) in [4.78, 5) is 0. The van der Waals surface area contributed by atoms with Gasteiger partial charge in [-0.3, -0.25) is 0 Å². The largest absolute Gasteiger partial charge is 0.491 e. The van der Waals surface area contributed by atoms with Crippen molar-refractivity contribution in [2.75, 3.05) is 19.8 Å². The average Bonchev–Trinajstić information content (AvgIpc) is 2.74. The summed E-state index contributed by atoms with van der Waals surface area (Å²) in [5, 5.41) is 0. The van der Waals surface area contributed by atoms with E-state index in [2.05, 4.69) is 0 Å². The molecule has 1 aliphatic rings. The van der Waals surface area contributed by atoms with Crippen LogP contribution in [-0.2, 0) is 11.2 Å². The maximum Gasteiger partial charge on any atom is 0.207 e. The third-order valence-corrected chi connectivity index (χ3v) is 5.00. The van der Waals surface area contributed by atoms with Gasteiger partial charge in [0, 0.05) is 23.5 Å². The number of fused-ring (bicyclic) bond motifs is 2. The van der Waals surface area contributed by atoms with Gasteiger partial charge in [-0.1, -0.05) is 19.9 Å². The third kappa shape index (κ3) is 4.67. The Balaban J connectivity index is 1.76. The lowest BCUT2D eigenvalue weighted by molar-refractivity contribution is 0.0304. The molecule has 164 valence electrons. The predicted molar refractivity (Wildman–Crippen MR) is 107 cm³/mol. The molecule has 2 aromatic carbocycles. The highest BCUT2D eigenvalue weighted by Gasteiger charge is 2.29. The Morgan fingerprint density at radius 1 is 0.900 bits per heavy atom. The first-order valence-corrected chi connectivity index (χ1v) is 10.2.